The molecule has 4 rings (SSSR count). The smallest absolute Gasteiger partial charge is 0.259 e. The third-order valence-corrected chi connectivity index (χ3v) is 5.74. The number of nitrogens with zero attached hydrogens (tertiary/aromatic N) is 3. The Labute approximate surface area is 152 Å². The fraction of sp³-hybridized carbons (Fsp3) is 0.450. The van der Waals surface area contributed by atoms with E-state index in [1.165, 1.54) is 11.8 Å². The van der Waals surface area contributed by atoms with Gasteiger partial charge in [0.2, 0.25) is 5.91 Å². The lowest BCUT2D eigenvalue weighted by Gasteiger charge is -2.23. The molecule has 3 heterocycles. The molecule has 2 aliphatic heterocycles. The molecular formula is C20H23N3O3. The number of carbonyl (C=O) groups excluding carboxylic acids is 2. The summed E-state index contributed by atoms with van der Waals surface area (Å²) in [7, 11) is 0. The van der Waals surface area contributed by atoms with Gasteiger partial charge in [-0.15, -0.1) is 0 Å². The molecule has 1 atom stereocenters. The summed E-state index contributed by atoms with van der Waals surface area (Å²) in [4.78, 5) is 29.4. The molecule has 0 N–H and O–H groups in total. The third-order valence-electron chi connectivity index (χ3n) is 5.74. The van der Waals surface area contributed by atoms with Crippen LogP contribution in [-0.4, -0.2) is 52.9 Å². The zero-order valence-electron chi connectivity index (χ0n) is 15.0. The fourth-order valence-electron chi connectivity index (χ4n) is 4.11. The Bertz CT molecular complexity index is 817. The molecule has 1 unspecified atom stereocenters. The third kappa shape index (κ3) is 2.89. The van der Waals surface area contributed by atoms with E-state index in [9.17, 15) is 9.59 Å². The van der Waals surface area contributed by atoms with Crippen LogP contribution in [0.25, 0.3) is 0 Å². The minimum absolute atomic E-state index is 0.0869. The average Bonchev–Trinajstić information content (AvgIpc) is 3.36. The topological polar surface area (TPSA) is 66.7 Å². The van der Waals surface area contributed by atoms with Crippen LogP contribution in [0.15, 0.2) is 41.1 Å². The van der Waals surface area contributed by atoms with Crippen molar-refractivity contribution in [2.24, 2.45) is 5.41 Å². The number of aryl methyl sites for hydroxylation is 1. The molecule has 0 bridgehead atoms. The van der Waals surface area contributed by atoms with Crippen molar-refractivity contribution in [3.63, 3.8) is 0 Å². The fourth-order valence-corrected chi connectivity index (χ4v) is 4.11. The second-order valence-electron chi connectivity index (χ2n) is 7.33. The molecule has 2 fully saturated rings. The first-order valence-electron chi connectivity index (χ1n) is 9.13. The van der Waals surface area contributed by atoms with Crippen LogP contribution in [0.2, 0.25) is 0 Å². The van der Waals surface area contributed by atoms with Gasteiger partial charge in [-0.1, -0.05) is 35.5 Å². The minimum atomic E-state index is -0.405. The van der Waals surface area contributed by atoms with Crippen molar-refractivity contribution in [1.82, 2.24) is 15.0 Å². The molecule has 6 nitrogen and oxygen atoms in total. The number of amides is 2. The zero-order valence-corrected chi connectivity index (χ0v) is 15.0. The number of benzene rings is 1. The first-order chi connectivity index (χ1) is 12.6. The molecule has 1 aromatic carbocycles. The second-order valence-corrected chi connectivity index (χ2v) is 7.33. The van der Waals surface area contributed by atoms with Gasteiger partial charge in [-0.2, -0.15) is 0 Å². The number of likely N-dealkylation sites (tertiary alicyclic amines) is 2. The van der Waals surface area contributed by atoms with Gasteiger partial charge in [0.15, 0.2) is 0 Å². The van der Waals surface area contributed by atoms with Gasteiger partial charge in [-0.3, -0.25) is 9.59 Å². The first kappa shape index (κ1) is 16.8. The molecule has 6 heteroatoms. The molecule has 0 radical (unpaired) electrons. The highest BCUT2D eigenvalue weighted by Crippen LogP contribution is 2.41. The number of hydrogen-bond acceptors (Lipinski definition) is 4. The van der Waals surface area contributed by atoms with Crippen LogP contribution in [0.3, 0.4) is 0 Å². The Balaban J connectivity index is 1.40. The Morgan fingerprint density at radius 1 is 1.23 bits per heavy atom. The number of hydrogen-bond donors (Lipinski definition) is 0. The first-order valence-corrected chi connectivity index (χ1v) is 9.13. The summed E-state index contributed by atoms with van der Waals surface area (Å²) in [6.07, 6.45) is 3.90. The van der Waals surface area contributed by atoms with Crippen LogP contribution >= 0.6 is 0 Å². The maximum Gasteiger partial charge on any atom is 0.259 e. The Kier molecular flexibility index (Phi) is 4.26. The molecule has 2 saturated heterocycles. The van der Waals surface area contributed by atoms with E-state index in [2.05, 4.69) is 17.3 Å². The van der Waals surface area contributed by atoms with E-state index in [0.717, 1.165) is 32.4 Å². The van der Waals surface area contributed by atoms with Crippen molar-refractivity contribution in [3.8, 4) is 0 Å². The highest BCUT2D eigenvalue weighted by Gasteiger charge is 2.51. The van der Waals surface area contributed by atoms with Crippen LogP contribution < -0.4 is 0 Å². The highest BCUT2D eigenvalue weighted by atomic mass is 16.5. The van der Waals surface area contributed by atoms with Gasteiger partial charge in [-0.05, 0) is 31.7 Å². The summed E-state index contributed by atoms with van der Waals surface area (Å²) in [6.45, 7) is 4.36. The molecular weight excluding hydrogens is 330 g/mol. The van der Waals surface area contributed by atoms with E-state index in [4.69, 9.17) is 4.52 Å². The Hall–Kier alpha value is -2.63. The molecule has 136 valence electrons. The molecule has 1 spiro atoms. The van der Waals surface area contributed by atoms with Gasteiger partial charge < -0.3 is 14.3 Å². The van der Waals surface area contributed by atoms with Crippen molar-refractivity contribution < 1.29 is 14.1 Å². The molecule has 1 aromatic heterocycles. The summed E-state index contributed by atoms with van der Waals surface area (Å²) in [5.74, 6) is 0.639. The predicted molar refractivity (Wildman–Crippen MR) is 95.5 cm³/mol. The normalized spacial score (nSPS) is 22.6. The van der Waals surface area contributed by atoms with Gasteiger partial charge >= 0.3 is 0 Å². The maximum atomic E-state index is 13.0. The largest absolute Gasteiger partial charge is 0.361 e. The zero-order chi connectivity index (χ0) is 18.1. The monoisotopic (exact) mass is 353 g/mol. The predicted octanol–water partition coefficient (Wildman–Crippen LogP) is 2.29. The lowest BCUT2D eigenvalue weighted by molar-refractivity contribution is -0.135. The SMILES string of the molecule is Cc1oncc1C(=O)N1CCC2(CCN(CCc3ccccc3)C2=O)C1. The lowest BCUT2D eigenvalue weighted by Crippen LogP contribution is -2.39. The summed E-state index contributed by atoms with van der Waals surface area (Å²) in [5, 5.41) is 3.69. The lowest BCUT2D eigenvalue weighted by atomic mass is 9.85. The number of aromatic nitrogens is 1. The second kappa shape index (κ2) is 6.59. The summed E-state index contributed by atoms with van der Waals surface area (Å²) in [5.41, 5.74) is 1.33. The van der Waals surface area contributed by atoms with Gasteiger partial charge in [0.1, 0.15) is 11.3 Å². The Morgan fingerprint density at radius 2 is 2.00 bits per heavy atom. The van der Waals surface area contributed by atoms with E-state index < -0.39 is 5.41 Å². The minimum Gasteiger partial charge on any atom is -0.361 e. The summed E-state index contributed by atoms with van der Waals surface area (Å²) < 4.78 is 5.00. The van der Waals surface area contributed by atoms with Gasteiger partial charge in [0.05, 0.1) is 11.6 Å². The number of rotatable bonds is 4. The summed E-state index contributed by atoms with van der Waals surface area (Å²) in [6, 6.07) is 10.2. The van der Waals surface area contributed by atoms with Crippen LogP contribution in [0.5, 0.6) is 0 Å². The van der Waals surface area contributed by atoms with E-state index >= 15 is 0 Å². The van der Waals surface area contributed by atoms with E-state index in [0.29, 0.717) is 24.4 Å². The van der Waals surface area contributed by atoms with E-state index in [1.807, 2.05) is 23.1 Å². The van der Waals surface area contributed by atoms with Crippen LogP contribution in [0.1, 0.15) is 34.5 Å². The van der Waals surface area contributed by atoms with Gasteiger partial charge in [0, 0.05) is 26.2 Å². The molecule has 2 amide bonds. The van der Waals surface area contributed by atoms with E-state index in [-0.39, 0.29) is 11.8 Å². The van der Waals surface area contributed by atoms with Crippen LogP contribution in [0.4, 0.5) is 0 Å². The van der Waals surface area contributed by atoms with E-state index in [1.54, 1.807) is 11.8 Å². The van der Waals surface area contributed by atoms with Crippen molar-refractivity contribution in [1.29, 1.82) is 0 Å². The number of carbonyl (C=O) groups is 2. The van der Waals surface area contributed by atoms with Crippen molar-refractivity contribution in [2.75, 3.05) is 26.2 Å². The average molecular weight is 353 g/mol. The quantitative estimate of drug-likeness (QED) is 0.846. The Morgan fingerprint density at radius 3 is 2.73 bits per heavy atom. The molecule has 0 aliphatic carbocycles. The van der Waals surface area contributed by atoms with Crippen LogP contribution in [-0.2, 0) is 11.2 Å². The standard InChI is InChI=1S/C20H23N3O3/c1-15-17(13-21-26-15)18(24)23-12-9-20(14-23)8-11-22(19(20)25)10-7-16-5-3-2-4-6-16/h2-6,13H,7-12,14H2,1H3. The highest BCUT2D eigenvalue weighted by molar-refractivity contribution is 5.96. The molecule has 0 saturated carbocycles. The van der Waals surface area contributed by atoms with Gasteiger partial charge in [0.25, 0.3) is 5.91 Å². The van der Waals surface area contributed by atoms with Gasteiger partial charge in [-0.25, -0.2) is 0 Å². The molecule has 26 heavy (non-hydrogen) atoms. The molecule has 2 aromatic rings. The molecule has 2 aliphatic rings. The van der Waals surface area contributed by atoms with Crippen molar-refractivity contribution >= 4 is 11.8 Å². The van der Waals surface area contributed by atoms with Crippen LogP contribution in [0, 0.1) is 12.3 Å². The van der Waals surface area contributed by atoms with Crippen molar-refractivity contribution in [3.05, 3.63) is 53.4 Å². The summed E-state index contributed by atoms with van der Waals surface area (Å²) >= 11 is 0. The maximum absolute atomic E-state index is 13.0. The van der Waals surface area contributed by atoms with Crippen molar-refractivity contribution in [2.45, 2.75) is 26.2 Å².